The van der Waals surface area contributed by atoms with Gasteiger partial charge in [0, 0.05) is 12.2 Å². The lowest BCUT2D eigenvalue weighted by atomic mass is 9.71. The Labute approximate surface area is 130 Å². The van der Waals surface area contributed by atoms with Crippen molar-refractivity contribution in [3.05, 3.63) is 25.3 Å². The van der Waals surface area contributed by atoms with Gasteiger partial charge >= 0.3 is 11.9 Å². The zero-order chi connectivity index (χ0) is 17.0. The largest absolute Gasteiger partial charge is 0.459 e. The van der Waals surface area contributed by atoms with E-state index < -0.39 is 29.2 Å². The summed E-state index contributed by atoms with van der Waals surface area (Å²) >= 11 is 0. The van der Waals surface area contributed by atoms with E-state index in [4.69, 9.17) is 9.47 Å². The highest BCUT2D eigenvalue weighted by molar-refractivity contribution is 5.81. The summed E-state index contributed by atoms with van der Waals surface area (Å²) < 4.78 is 10.1. The maximum Gasteiger partial charge on any atom is 0.330 e. The monoisotopic (exact) mass is 312 g/mol. The summed E-state index contributed by atoms with van der Waals surface area (Å²) in [5, 5.41) is 20.8. The third-order valence-electron chi connectivity index (χ3n) is 4.17. The molecule has 22 heavy (non-hydrogen) atoms. The number of rotatable bonds is 6. The Morgan fingerprint density at radius 1 is 1.36 bits per heavy atom. The first-order valence-electron chi connectivity index (χ1n) is 7.19. The van der Waals surface area contributed by atoms with Crippen LogP contribution >= 0.6 is 0 Å². The predicted octanol–water partition coefficient (Wildman–Crippen LogP) is 1.12. The van der Waals surface area contributed by atoms with Crippen LogP contribution in [-0.4, -0.2) is 46.1 Å². The summed E-state index contributed by atoms with van der Waals surface area (Å²) in [6, 6.07) is 0. The molecule has 1 saturated carbocycles. The normalized spacial score (nSPS) is 30.7. The molecule has 0 aliphatic heterocycles. The van der Waals surface area contributed by atoms with E-state index in [-0.39, 0.29) is 18.9 Å². The molecule has 4 unspecified atom stereocenters. The summed E-state index contributed by atoms with van der Waals surface area (Å²) in [6.07, 6.45) is 2.45. The van der Waals surface area contributed by atoms with Crippen LogP contribution in [-0.2, 0) is 19.1 Å². The van der Waals surface area contributed by atoms with Crippen molar-refractivity contribution < 1.29 is 29.3 Å². The molecular weight excluding hydrogens is 288 g/mol. The quantitative estimate of drug-likeness (QED) is 0.564. The SMILES string of the molecule is C=CC(=O)OCC(C)(O)C1CCC(C)(O)C(OC(=O)C=C)C1. The third kappa shape index (κ3) is 4.68. The van der Waals surface area contributed by atoms with Gasteiger partial charge in [-0.05, 0) is 39.0 Å². The molecule has 0 bridgehead atoms. The molecule has 124 valence electrons. The average molecular weight is 312 g/mol. The van der Waals surface area contributed by atoms with E-state index in [1.54, 1.807) is 13.8 Å². The smallest absolute Gasteiger partial charge is 0.330 e. The Kier molecular flexibility index (Phi) is 5.91. The Morgan fingerprint density at radius 2 is 1.95 bits per heavy atom. The number of ether oxygens (including phenoxy) is 2. The molecule has 1 aliphatic rings. The van der Waals surface area contributed by atoms with Gasteiger partial charge in [-0.25, -0.2) is 9.59 Å². The molecule has 0 heterocycles. The van der Waals surface area contributed by atoms with Crippen molar-refractivity contribution >= 4 is 11.9 Å². The second-order valence-electron chi connectivity index (χ2n) is 6.13. The zero-order valence-electron chi connectivity index (χ0n) is 13.1. The van der Waals surface area contributed by atoms with E-state index >= 15 is 0 Å². The summed E-state index contributed by atoms with van der Waals surface area (Å²) in [6.45, 7) is 9.58. The first kappa shape index (κ1) is 18.4. The Morgan fingerprint density at radius 3 is 2.50 bits per heavy atom. The fourth-order valence-corrected chi connectivity index (χ4v) is 2.58. The number of hydrogen-bond donors (Lipinski definition) is 2. The Balaban J connectivity index is 2.75. The maximum atomic E-state index is 11.4. The van der Waals surface area contributed by atoms with Crippen LogP contribution in [0.1, 0.15) is 33.1 Å². The molecule has 0 amide bonds. The van der Waals surface area contributed by atoms with Crippen molar-refractivity contribution in [2.24, 2.45) is 5.92 Å². The summed E-state index contributed by atoms with van der Waals surface area (Å²) in [4.78, 5) is 22.5. The van der Waals surface area contributed by atoms with Crippen molar-refractivity contribution in [2.75, 3.05) is 6.61 Å². The van der Waals surface area contributed by atoms with Crippen LogP contribution in [0.4, 0.5) is 0 Å². The Hall–Kier alpha value is -1.66. The highest BCUT2D eigenvalue weighted by Crippen LogP contribution is 2.39. The fourth-order valence-electron chi connectivity index (χ4n) is 2.58. The number of esters is 2. The topological polar surface area (TPSA) is 93.1 Å². The van der Waals surface area contributed by atoms with E-state index in [1.807, 2.05) is 0 Å². The van der Waals surface area contributed by atoms with Gasteiger partial charge in [-0.15, -0.1) is 0 Å². The molecule has 0 spiro atoms. The Bertz CT molecular complexity index is 452. The molecule has 1 aliphatic carbocycles. The van der Waals surface area contributed by atoms with Crippen LogP contribution in [0, 0.1) is 5.92 Å². The van der Waals surface area contributed by atoms with Gasteiger partial charge in [0.15, 0.2) is 0 Å². The van der Waals surface area contributed by atoms with Crippen LogP contribution in [0.3, 0.4) is 0 Å². The van der Waals surface area contributed by atoms with Gasteiger partial charge in [0.1, 0.15) is 12.7 Å². The van der Waals surface area contributed by atoms with E-state index in [0.29, 0.717) is 12.8 Å². The van der Waals surface area contributed by atoms with E-state index in [2.05, 4.69) is 13.2 Å². The maximum absolute atomic E-state index is 11.4. The highest BCUT2D eigenvalue weighted by Gasteiger charge is 2.46. The van der Waals surface area contributed by atoms with Crippen LogP contribution < -0.4 is 0 Å². The standard InChI is InChI=1S/C16H24O6/c1-5-13(17)21-10-16(4,20)11-7-8-15(3,19)12(9-11)22-14(18)6-2/h5-6,11-12,19-20H,1-2,7-10H2,3-4H3. The second kappa shape index (κ2) is 7.07. The van der Waals surface area contributed by atoms with Gasteiger partial charge in [-0.3, -0.25) is 0 Å². The molecule has 0 aromatic carbocycles. The lowest BCUT2D eigenvalue weighted by Crippen LogP contribution is -2.52. The molecule has 0 radical (unpaired) electrons. The van der Waals surface area contributed by atoms with Crippen molar-refractivity contribution in [3.63, 3.8) is 0 Å². The van der Waals surface area contributed by atoms with Crippen molar-refractivity contribution in [1.29, 1.82) is 0 Å². The van der Waals surface area contributed by atoms with Gasteiger partial charge in [-0.2, -0.15) is 0 Å². The van der Waals surface area contributed by atoms with Crippen molar-refractivity contribution in [1.82, 2.24) is 0 Å². The van der Waals surface area contributed by atoms with Gasteiger partial charge in [0.25, 0.3) is 0 Å². The van der Waals surface area contributed by atoms with Gasteiger partial charge in [0.05, 0.1) is 11.2 Å². The molecule has 2 N–H and O–H groups in total. The van der Waals surface area contributed by atoms with Crippen LogP contribution in [0.15, 0.2) is 25.3 Å². The molecule has 0 aromatic rings. The molecule has 0 saturated heterocycles. The van der Waals surface area contributed by atoms with E-state index in [9.17, 15) is 19.8 Å². The predicted molar refractivity (Wildman–Crippen MR) is 79.8 cm³/mol. The first-order valence-corrected chi connectivity index (χ1v) is 7.19. The lowest BCUT2D eigenvalue weighted by molar-refractivity contribution is -0.179. The lowest BCUT2D eigenvalue weighted by Gasteiger charge is -2.44. The average Bonchev–Trinajstić information content (AvgIpc) is 2.46. The van der Waals surface area contributed by atoms with Gasteiger partial charge in [0.2, 0.25) is 0 Å². The van der Waals surface area contributed by atoms with Crippen LogP contribution in [0.2, 0.25) is 0 Å². The number of aliphatic hydroxyl groups is 2. The number of carbonyl (C=O) groups excluding carboxylic acids is 2. The van der Waals surface area contributed by atoms with Crippen molar-refractivity contribution in [3.8, 4) is 0 Å². The molecule has 0 aromatic heterocycles. The van der Waals surface area contributed by atoms with E-state index in [0.717, 1.165) is 12.2 Å². The summed E-state index contributed by atoms with van der Waals surface area (Å²) in [7, 11) is 0. The molecule has 4 atom stereocenters. The summed E-state index contributed by atoms with van der Waals surface area (Å²) in [5.74, 6) is -1.52. The van der Waals surface area contributed by atoms with Gasteiger partial charge in [-0.1, -0.05) is 13.2 Å². The highest BCUT2D eigenvalue weighted by atomic mass is 16.6. The molecular formula is C16H24O6. The number of carbonyl (C=O) groups is 2. The minimum Gasteiger partial charge on any atom is -0.459 e. The van der Waals surface area contributed by atoms with Crippen molar-refractivity contribution in [2.45, 2.75) is 50.4 Å². The molecule has 6 heteroatoms. The van der Waals surface area contributed by atoms with Gasteiger partial charge < -0.3 is 19.7 Å². The minimum atomic E-state index is -1.28. The fraction of sp³-hybridized carbons (Fsp3) is 0.625. The molecule has 1 fully saturated rings. The van der Waals surface area contributed by atoms with E-state index in [1.165, 1.54) is 0 Å². The number of hydrogen-bond acceptors (Lipinski definition) is 6. The minimum absolute atomic E-state index is 0.188. The zero-order valence-corrected chi connectivity index (χ0v) is 13.1. The molecule has 1 rings (SSSR count). The van der Waals surface area contributed by atoms with Crippen LogP contribution in [0.25, 0.3) is 0 Å². The first-order chi connectivity index (χ1) is 10.1. The summed E-state index contributed by atoms with van der Waals surface area (Å²) in [5.41, 5.74) is -2.45. The van der Waals surface area contributed by atoms with Crippen LogP contribution in [0.5, 0.6) is 0 Å². The third-order valence-corrected chi connectivity index (χ3v) is 4.17. The molecule has 6 nitrogen and oxygen atoms in total. The second-order valence-corrected chi connectivity index (χ2v) is 6.13.